The molecule has 5 nitrogen and oxygen atoms in total. The summed E-state index contributed by atoms with van der Waals surface area (Å²) in [6.07, 6.45) is 7.65. The smallest absolute Gasteiger partial charge is 0.0842 e. The summed E-state index contributed by atoms with van der Waals surface area (Å²) < 4.78 is 7.75. The van der Waals surface area contributed by atoms with Gasteiger partial charge in [-0.05, 0) is 25.8 Å². The fourth-order valence-corrected chi connectivity index (χ4v) is 3.45. The number of rotatable bonds is 5. The molecule has 2 aliphatic heterocycles. The van der Waals surface area contributed by atoms with Crippen LogP contribution < -0.4 is 5.32 Å². The number of nitrogens with one attached hydrogen (secondary N) is 1. The Kier molecular flexibility index (Phi) is 3.35. The fourth-order valence-electron chi connectivity index (χ4n) is 3.45. The van der Waals surface area contributed by atoms with Gasteiger partial charge >= 0.3 is 0 Å². The summed E-state index contributed by atoms with van der Waals surface area (Å²) in [7, 11) is 1.92. The van der Waals surface area contributed by atoms with Crippen molar-refractivity contribution in [3.63, 3.8) is 0 Å². The molecule has 1 N–H and O–H groups in total. The van der Waals surface area contributed by atoms with Gasteiger partial charge in [0.2, 0.25) is 0 Å². The molecule has 3 heterocycles. The molecule has 0 radical (unpaired) electrons. The summed E-state index contributed by atoms with van der Waals surface area (Å²) in [6.45, 7) is 3.16. The number of hydrogen-bond acceptors (Lipinski definition) is 4. The van der Waals surface area contributed by atoms with E-state index in [1.165, 1.54) is 19.3 Å². The summed E-state index contributed by atoms with van der Waals surface area (Å²) in [4.78, 5) is 0. The van der Waals surface area contributed by atoms with Crippen LogP contribution in [0.5, 0.6) is 0 Å². The normalized spacial score (nSPS) is 32.0. The van der Waals surface area contributed by atoms with E-state index in [9.17, 15) is 0 Å². The molecule has 0 aromatic carbocycles. The first kappa shape index (κ1) is 12.1. The second kappa shape index (κ2) is 4.97. The third-order valence-corrected chi connectivity index (χ3v) is 4.22. The van der Waals surface area contributed by atoms with Crippen LogP contribution in [0, 0.1) is 5.92 Å². The molecule has 0 amide bonds. The Morgan fingerprint density at radius 3 is 3.00 bits per heavy atom. The standard InChI is InChI=1S/C13H22N4O/c1-3-14-12(6-9-8-17(2)16-15-9)11-7-10-4-5-13(11)18-10/h8,10-14H,3-7H2,1-2H3. The first-order chi connectivity index (χ1) is 8.76. The molecule has 4 unspecified atom stereocenters. The van der Waals surface area contributed by atoms with E-state index in [1.54, 1.807) is 4.68 Å². The first-order valence-electron chi connectivity index (χ1n) is 7.00. The maximum Gasteiger partial charge on any atom is 0.0842 e. The molecule has 18 heavy (non-hydrogen) atoms. The first-order valence-corrected chi connectivity index (χ1v) is 7.00. The third kappa shape index (κ3) is 2.29. The van der Waals surface area contributed by atoms with Gasteiger partial charge in [0, 0.05) is 31.6 Å². The predicted molar refractivity (Wildman–Crippen MR) is 68.2 cm³/mol. The number of likely N-dealkylation sites (N-methyl/N-ethyl adjacent to an activating group) is 1. The van der Waals surface area contributed by atoms with E-state index >= 15 is 0 Å². The number of aromatic nitrogens is 3. The van der Waals surface area contributed by atoms with Crippen molar-refractivity contribution in [2.45, 2.75) is 50.9 Å². The van der Waals surface area contributed by atoms with Gasteiger partial charge in [-0.3, -0.25) is 4.68 Å². The molecule has 0 aliphatic carbocycles. The van der Waals surface area contributed by atoms with Crippen LogP contribution in [0.25, 0.3) is 0 Å². The zero-order valence-electron chi connectivity index (χ0n) is 11.2. The molecule has 2 aliphatic rings. The Balaban J connectivity index is 1.68. The molecule has 5 heteroatoms. The number of fused-ring (bicyclic) bond motifs is 2. The Morgan fingerprint density at radius 1 is 1.56 bits per heavy atom. The topological polar surface area (TPSA) is 52.0 Å². The number of aryl methyl sites for hydroxylation is 1. The van der Waals surface area contributed by atoms with Gasteiger partial charge in [-0.1, -0.05) is 12.1 Å². The average molecular weight is 250 g/mol. The molecule has 2 saturated heterocycles. The highest BCUT2D eigenvalue weighted by atomic mass is 16.5. The zero-order chi connectivity index (χ0) is 12.5. The van der Waals surface area contributed by atoms with Crippen molar-refractivity contribution in [3.8, 4) is 0 Å². The zero-order valence-corrected chi connectivity index (χ0v) is 11.2. The van der Waals surface area contributed by atoms with Crippen LogP contribution in [0.4, 0.5) is 0 Å². The Hall–Kier alpha value is -0.940. The van der Waals surface area contributed by atoms with Crippen molar-refractivity contribution in [3.05, 3.63) is 11.9 Å². The summed E-state index contributed by atoms with van der Waals surface area (Å²) in [5, 5.41) is 11.8. The van der Waals surface area contributed by atoms with Gasteiger partial charge in [-0.2, -0.15) is 0 Å². The van der Waals surface area contributed by atoms with Crippen LogP contribution in [0.2, 0.25) is 0 Å². The summed E-state index contributed by atoms with van der Waals surface area (Å²) in [6, 6.07) is 0.474. The van der Waals surface area contributed by atoms with Crippen LogP contribution in [0.1, 0.15) is 31.9 Å². The second-order valence-electron chi connectivity index (χ2n) is 5.53. The lowest BCUT2D eigenvalue weighted by atomic mass is 9.82. The fraction of sp³-hybridized carbons (Fsp3) is 0.846. The van der Waals surface area contributed by atoms with E-state index in [2.05, 4.69) is 22.6 Å². The Labute approximate surface area is 108 Å². The van der Waals surface area contributed by atoms with Crippen molar-refractivity contribution in [1.29, 1.82) is 0 Å². The molecular formula is C13H22N4O. The highest BCUT2D eigenvalue weighted by Crippen LogP contribution is 2.40. The number of hydrogen-bond donors (Lipinski definition) is 1. The minimum atomic E-state index is 0.468. The molecule has 100 valence electrons. The molecule has 4 atom stereocenters. The predicted octanol–water partition coefficient (Wildman–Crippen LogP) is 0.903. The largest absolute Gasteiger partial charge is 0.375 e. The number of nitrogens with zero attached hydrogens (tertiary/aromatic N) is 3. The quantitative estimate of drug-likeness (QED) is 0.843. The molecular weight excluding hydrogens is 228 g/mol. The van der Waals surface area contributed by atoms with Gasteiger partial charge in [-0.15, -0.1) is 5.10 Å². The molecule has 2 bridgehead atoms. The van der Waals surface area contributed by atoms with Crippen LogP contribution in [-0.4, -0.2) is 39.8 Å². The highest BCUT2D eigenvalue weighted by molar-refractivity contribution is 5.02. The van der Waals surface area contributed by atoms with Crippen LogP contribution >= 0.6 is 0 Å². The van der Waals surface area contributed by atoms with Crippen LogP contribution in [-0.2, 0) is 18.2 Å². The van der Waals surface area contributed by atoms with E-state index in [4.69, 9.17) is 4.74 Å². The second-order valence-corrected chi connectivity index (χ2v) is 5.53. The lowest BCUT2D eigenvalue weighted by Gasteiger charge is -2.28. The highest BCUT2D eigenvalue weighted by Gasteiger charge is 2.44. The molecule has 1 aromatic rings. The van der Waals surface area contributed by atoms with Crippen molar-refractivity contribution < 1.29 is 4.74 Å². The van der Waals surface area contributed by atoms with Crippen molar-refractivity contribution in [1.82, 2.24) is 20.3 Å². The van der Waals surface area contributed by atoms with Gasteiger partial charge in [0.05, 0.1) is 17.9 Å². The van der Waals surface area contributed by atoms with Crippen molar-refractivity contribution in [2.75, 3.05) is 6.54 Å². The van der Waals surface area contributed by atoms with E-state index in [0.717, 1.165) is 18.7 Å². The maximum atomic E-state index is 5.97. The summed E-state index contributed by atoms with van der Waals surface area (Å²) in [5.41, 5.74) is 1.08. The molecule has 3 rings (SSSR count). The summed E-state index contributed by atoms with van der Waals surface area (Å²) in [5.74, 6) is 0.644. The van der Waals surface area contributed by atoms with E-state index < -0.39 is 0 Å². The van der Waals surface area contributed by atoms with Crippen LogP contribution in [0.3, 0.4) is 0 Å². The SMILES string of the molecule is CCNC(Cc1cn(C)nn1)C1CC2CCC1O2. The molecule has 0 saturated carbocycles. The molecule has 2 fully saturated rings. The van der Waals surface area contributed by atoms with Crippen molar-refractivity contribution >= 4 is 0 Å². The molecule has 1 aromatic heterocycles. The van der Waals surface area contributed by atoms with E-state index in [1.807, 2.05) is 13.2 Å². The third-order valence-electron chi connectivity index (χ3n) is 4.22. The van der Waals surface area contributed by atoms with Gasteiger partial charge < -0.3 is 10.1 Å². The van der Waals surface area contributed by atoms with Crippen LogP contribution in [0.15, 0.2) is 6.20 Å². The van der Waals surface area contributed by atoms with Gasteiger partial charge in [-0.25, -0.2) is 0 Å². The minimum Gasteiger partial charge on any atom is -0.375 e. The maximum absolute atomic E-state index is 5.97. The minimum absolute atomic E-state index is 0.468. The van der Waals surface area contributed by atoms with E-state index in [-0.39, 0.29) is 0 Å². The van der Waals surface area contributed by atoms with Gasteiger partial charge in [0.15, 0.2) is 0 Å². The Morgan fingerprint density at radius 2 is 2.44 bits per heavy atom. The number of ether oxygens (including phenoxy) is 1. The summed E-state index contributed by atoms with van der Waals surface area (Å²) >= 11 is 0. The van der Waals surface area contributed by atoms with E-state index in [0.29, 0.717) is 24.2 Å². The van der Waals surface area contributed by atoms with Gasteiger partial charge in [0.1, 0.15) is 0 Å². The van der Waals surface area contributed by atoms with Crippen molar-refractivity contribution in [2.24, 2.45) is 13.0 Å². The van der Waals surface area contributed by atoms with Gasteiger partial charge in [0.25, 0.3) is 0 Å². The average Bonchev–Trinajstić information content (AvgIpc) is 3.05. The Bertz CT molecular complexity index is 405. The lowest BCUT2D eigenvalue weighted by Crippen LogP contribution is -2.42. The monoisotopic (exact) mass is 250 g/mol. The lowest BCUT2D eigenvalue weighted by molar-refractivity contribution is 0.0858. The molecule has 0 spiro atoms.